The number of rotatable bonds is 5. The number of nitrogens with one attached hydrogen (secondary N) is 3. The minimum Gasteiger partial charge on any atom is -0.370 e. The monoisotopic (exact) mass is 476 g/mol. The highest BCUT2D eigenvalue weighted by Crippen LogP contribution is 2.32. The van der Waals surface area contributed by atoms with Gasteiger partial charge in [-0.2, -0.15) is 0 Å². The number of hydrogen-bond acceptors (Lipinski definition) is 3. The Kier molecular flexibility index (Phi) is 7.38. The van der Waals surface area contributed by atoms with Gasteiger partial charge in [-0.25, -0.2) is 4.79 Å². The summed E-state index contributed by atoms with van der Waals surface area (Å²) in [7, 11) is 0. The molecule has 1 saturated heterocycles. The van der Waals surface area contributed by atoms with Crippen molar-refractivity contribution < 1.29 is 9.59 Å². The molecule has 176 valence electrons. The van der Waals surface area contributed by atoms with Gasteiger partial charge in [0.2, 0.25) is 0 Å². The second-order valence-corrected chi connectivity index (χ2v) is 9.08. The minimum atomic E-state index is -0.370. The molecule has 0 bridgehead atoms. The van der Waals surface area contributed by atoms with Crippen LogP contribution in [-0.4, -0.2) is 25.0 Å². The number of amides is 3. The van der Waals surface area contributed by atoms with Crippen LogP contribution in [-0.2, 0) is 0 Å². The number of benzene rings is 3. The lowest BCUT2D eigenvalue weighted by Gasteiger charge is -2.31. The fraction of sp³-hybridized carbons (Fsp3) is 0.259. The molecule has 0 saturated carbocycles. The maximum atomic E-state index is 12.9. The van der Waals surface area contributed by atoms with E-state index >= 15 is 0 Å². The number of piperidine rings is 1. The molecule has 1 fully saturated rings. The molecule has 0 unspecified atom stereocenters. The number of carbonyl (C=O) groups is 2. The summed E-state index contributed by atoms with van der Waals surface area (Å²) in [6, 6.07) is 18.1. The van der Waals surface area contributed by atoms with Gasteiger partial charge in [-0.05, 0) is 81.1 Å². The first-order valence-electron chi connectivity index (χ1n) is 11.5. The lowest BCUT2D eigenvalue weighted by Crippen LogP contribution is -2.31. The molecule has 1 aliphatic rings. The molecular weight excluding hydrogens is 448 g/mol. The number of halogens is 1. The Morgan fingerprint density at radius 1 is 0.824 bits per heavy atom. The van der Waals surface area contributed by atoms with Gasteiger partial charge in [-0.3, -0.25) is 4.79 Å². The summed E-state index contributed by atoms with van der Waals surface area (Å²) in [6.07, 6.45) is 3.43. The Hall–Kier alpha value is -3.51. The lowest BCUT2D eigenvalue weighted by atomic mass is 10.1. The van der Waals surface area contributed by atoms with Gasteiger partial charge in [-0.15, -0.1) is 0 Å². The Morgan fingerprint density at radius 2 is 1.59 bits per heavy atom. The summed E-state index contributed by atoms with van der Waals surface area (Å²) < 4.78 is 0. The average molecular weight is 477 g/mol. The van der Waals surface area contributed by atoms with Crippen molar-refractivity contribution in [2.24, 2.45) is 0 Å². The number of urea groups is 1. The molecule has 3 N–H and O–H groups in total. The summed E-state index contributed by atoms with van der Waals surface area (Å²) in [6.45, 7) is 5.72. The Bertz CT molecular complexity index is 1200. The van der Waals surface area contributed by atoms with Crippen LogP contribution in [0.15, 0.2) is 60.7 Å². The summed E-state index contributed by atoms with van der Waals surface area (Å²) >= 11 is 6.10. The van der Waals surface area contributed by atoms with E-state index in [0.717, 1.165) is 42.7 Å². The van der Waals surface area contributed by atoms with E-state index in [9.17, 15) is 9.59 Å². The van der Waals surface area contributed by atoms with Crippen molar-refractivity contribution in [1.82, 2.24) is 0 Å². The molecule has 0 aromatic heterocycles. The number of nitrogens with zero attached hydrogens (tertiary/aromatic N) is 1. The molecule has 1 heterocycles. The number of carbonyl (C=O) groups excluding carboxylic acids is 2. The summed E-state index contributed by atoms with van der Waals surface area (Å²) in [5.74, 6) is -0.195. The average Bonchev–Trinajstić information content (AvgIpc) is 2.82. The van der Waals surface area contributed by atoms with Gasteiger partial charge < -0.3 is 20.9 Å². The first-order valence-corrected chi connectivity index (χ1v) is 11.9. The maximum Gasteiger partial charge on any atom is 0.323 e. The van der Waals surface area contributed by atoms with Crippen LogP contribution in [0.5, 0.6) is 0 Å². The molecule has 1 aliphatic heterocycles. The van der Waals surface area contributed by atoms with E-state index in [0.29, 0.717) is 27.6 Å². The highest BCUT2D eigenvalue weighted by atomic mass is 35.5. The highest BCUT2D eigenvalue weighted by molar-refractivity contribution is 6.31. The van der Waals surface area contributed by atoms with Crippen LogP contribution < -0.4 is 20.9 Å². The Labute approximate surface area is 205 Å². The van der Waals surface area contributed by atoms with Crippen LogP contribution in [0.4, 0.5) is 27.5 Å². The van der Waals surface area contributed by atoms with E-state index in [1.54, 1.807) is 18.2 Å². The standard InChI is InChI=1S/C27H29ClN4O2/c1-18-7-6-8-20(15-18)26(33)29-22-11-12-25(32-13-4-3-5-14-32)24(17-22)31-27(34)30-23-16-21(28)10-9-19(23)2/h6-12,15-17H,3-5,13-14H2,1-2H3,(H,29,33)(H2,30,31,34). The van der Waals surface area contributed by atoms with Gasteiger partial charge >= 0.3 is 6.03 Å². The van der Waals surface area contributed by atoms with Gasteiger partial charge in [-0.1, -0.05) is 35.4 Å². The molecule has 4 rings (SSSR count). The van der Waals surface area contributed by atoms with Gasteiger partial charge in [0.05, 0.1) is 11.4 Å². The lowest BCUT2D eigenvalue weighted by molar-refractivity contribution is 0.102. The molecule has 6 nitrogen and oxygen atoms in total. The fourth-order valence-corrected chi connectivity index (χ4v) is 4.29. The summed E-state index contributed by atoms with van der Waals surface area (Å²) in [5, 5.41) is 9.36. The third-order valence-corrected chi connectivity index (χ3v) is 6.16. The number of hydrogen-bond donors (Lipinski definition) is 3. The highest BCUT2D eigenvalue weighted by Gasteiger charge is 2.18. The van der Waals surface area contributed by atoms with E-state index in [1.807, 2.05) is 56.3 Å². The third kappa shape index (κ3) is 5.88. The Morgan fingerprint density at radius 3 is 2.35 bits per heavy atom. The fourth-order valence-electron chi connectivity index (χ4n) is 4.12. The van der Waals surface area contributed by atoms with Crippen molar-refractivity contribution in [2.45, 2.75) is 33.1 Å². The van der Waals surface area contributed by atoms with E-state index in [2.05, 4.69) is 20.9 Å². The number of aryl methyl sites for hydroxylation is 2. The third-order valence-electron chi connectivity index (χ3n) is 5.93. The van der Waals surface area contributed by atoms with Crippen LogP contribution in [0.2, 0.25) is 5.02 Å². The van der Waals surface area contributed by atoms with Crippen molar-refractivity contribution in [2.75, 3.05) is 33.9 Å². The van der Waals surface area contributed by atoms with Crippen LogP contribution in [0, 0.1) is 13.8 Å². The normalized spacial score (nSPS) is 13.3. The topological polar surface area (TPSA) is 73.5 Å². The molecule has 34 heavy (non-hydrogen) atoms. The molecule has 3 amide bonds. The van der Waals surface area contributed by atoms with E-state index in [-0.39, 0.29) is 11.9 Å². The zero-order valence-corrected chi connectivity index (χ0v) is 20.2. The van der Waals surface area contributed by atoms with Crippen molar-refractivity contribution in [3.63, 3.8) is 0 Å². The number of anilines is 4. The molecule has 0 atom stereocenters. The molecule has 0 radical (unpaired) electrons. The van der Waals surface area contributed by atoms with Gasteiger partial charge in [0, 0.05) is 35.1 Å². The van der Waals surface area contributed by atoms with Crippen molar-refractivity contribution in [3.05, 3.63) is 82.4 Å². The quantitative estimate of drug-likeness (QED) is 0.377. The smallest absolute Gasteiger partial charge is 0.323 e. The summed E-state index contributed by atoms with van der Waals surface area (Å²) in [5.41, 5.74) is 5.35. The van der Waals surface area contributed by atoms with Crippen molar-refractivity contribution in [1.29, 1.82) is 0 Å². The minimum absolute atomic E-state index is 0.195. The van der Waals surface area contributed by atoms with Crippen LogP contribution in [0.1, 0.15) is 40.7 Å². The van der Waals surface area contributed by atoms with E-state index < -0.39 is 0 Å². The van der Waals surface area contributed by atoms with E-state index in [4.69, 9.17) is 11.6 Å². The van der Waals surface area contributed by atoms with Crippen LogP contribution >= 0.6 is 11.6 Å². The Balaban J connectivity index is 1.57. The first-order chi connectivity index (χ1) is 16.4. The maximum absolute atomic E-state index is 12.9. The van der Waals surface area contributed by atoms with Crippen molar-refractivity contribution >= 4 is 46.3 Å². The predicted octanol–water partition coefficient (Wildman–Crippen LogP) is 6.84. The second kappa shape index (κ2) is 10.6. The van der Waals surface area contributed by atoms with Crippen LogP contribution in [0.25, 0.3) is 0 Å². The van der Waals surface area contributed by atoms with Gasteiger partial charge in [0.15, 0.2) is 0 Å². The largest absolute Gasteiger partial charge is 0.370 e. The van der Waals surface area contributed by atoms with E-state index in [1.165, 1.54) is 6.42 Å². The van der Waals surface area contributed by atoms with Crippen molar-refractivity contribution in [3.8, 4) is 0 Å². The SMILES string of the molecule is Cc1cccc(C(=O)Nc2ccc(N3CCCCC3)c(NC(=O)Nc3cc(Cl)ccc3C)c2)c1. The van der Waals surface area contributed by atoms with Gasteiger partial charge in [0.25, 0.3) is 5.91 Å². The van der Waals surface area contributed by atoms with Gasteiger partial charge in [0.1, 0.15) is 0 Å². The zero-order valence-electron chi connectivity index (χ0n) is 19.5. The molecular formula is C27H29ClN4O2. The van der Waals surface area contributed by atoms with Crippen LogP contribution in [0.3, 0.4) is 0 Å². The zero-order chi connectivity index (χ0) is 24.1. The molecule has 3 aromatic rings. The second-order valence-electron chi connectivity index (χ2n) is 8.64. The first kappa shape index (κ1) is 23.6. The molecule has 0 spiro atoms. The predicted molar refractivity (Wildman–Crippen MR) is 140 cm³/mol. The summed E-state index contributed by atoms with van der Waals surface area (Å²) in [4.78, 5) is 27.9. The molecule has 7 heteroatoms. The molecule has 0 aliphatic carbocycles. The molecule has 3 aromatic carbocycles.